The minimum Gasteiger partial charge on any atom is -0.338 e. The fourth-order valence-electron chi connectivity index (χ4n) is 3.29. The highest BCUT2D eigenvalue weighted by molar-refractivity contribution is 5.77. The van der Waals surface area contributed by atoms with Gasteiger partial charge in [0.15, 0.2) is 0 Å². The number of carbonyl (C=O) groups is 1. The van der Waals surface area contributed by atoms with E-state index in [-0.39, 0.29) is 23.9 Å². The summed E-state index contributed by atoms with van der Waals surface area (Å²) in [5.74, 6) is -0.525. The van der Waals surface area contributed by atoms with Crippen molar-refractivity contribution in [2.45, 2.75) is 44.3 Å². The Bertz CT molecular complexity index is 545. The standard InChI is InChI=1S/C17H23F3N2O/c1-12(14-7-3-4-8-15(14)17(18,19)20)10-16(23)22-9-5-6-13(22)11-21-2/h3-4,7-8,12-13,21H,5-6,9-11H2,1-2H3. The Morgan fingerprint density at radius 3 is 2.74 bits per heavy atom. The van der Waals surface area contributed by atoms with Crippen molar-refractivity contribution in [1.82, 2.24) is 10.2 Å². The van der Waals surface area contributed by atoms with Gasteiger partial charge in [0.05, 0.1) is 5.56 Å². The lowest BCUT2D eigenvalue weighted by Crippen LogP contribution is -2.41. The van der Waals surface area contributed by atoms with Crippen LogP contribution in [0.5, 0.6) is 0 Å². The molecule has 1 amide bonds. The van der Waals surface area contributed by atoms with Crippen LogP contribution in [0.1, 0.15) is 43.2 Å². The Balaban J connectivity index is 2.10. The lowest BCUT2D eigenvalue weighted by Gasteiger charge is -2.26. The molecular weight excluding hydrogens is 305 g/mol. The van der Waals surface area contributed by atoms with Gasteiger partial charge in [-0.05, 0) is 37.4 Å². The van der Waals surface area contributed by atoms with Crippen LogP contribution >= 0.6 is 0 Å². The molecule has 2 unspecified atom stereocenters. The van der Waals surface area contributed by atoms with Crippen molar-refractivity contribution < 1.29 is 18.0 Å². The van der Waals surface area contributed by atoms with Crippen LogP contribution < -0.4 is 5.32 Å². The molecule has 6 heteroatoms. The van der Waals surface area contributed by atoms with Crippen molar-refractivity contribution in [2.75, 3.05) is 20.1 Å². The summed E-state index contributed by atoms with van der Waals surface area (Å²) in [5, 5.41) is 3.07. The third-order valence-corrected chi connectivity index (χ3v) is 4.42. The number of alkyl halides is 3. The van der Waals surface area contributed by atoms with E-state index < -0.39 is 17.7 Å². The van der Waals surface area contributed by atoms with Crippen LogP contribution in [-0.2, 0) is 11.0 Å². The smallest absolute Gasteiger partial charge is 0.338 e. The van der Waals surface area contributed by atoms with Crippen molar-refractivity contribution in [3.63, 3.8) is 0 Å². The summed E-state index contributed by atoms with van der Waals surface area (Å²) in [6.45, 7) is 3.10. The minimum absolute atomic E-state index is 0.0628. The molecule has 128 valence electrons. The largest absolute Gasteiger partial charge is 0.416 e. The maximum atomic E-state index is 13.1. The van der Waals surface area contributed by atoms with E-state index in [1.54, 1.807) is 13.0 Å². The molecule has 1 saturated heterocycles. The van der Waals surface area contributed by atoms with Crippen molar-refractivity contribution >= 4 is 5.91 Å². The van der Waals surface area contributed by atoms with Crippen molar-refractivity contribution in [1.29, 1.82) is 0 Å². The molecule has 1 fully saturated rings. The molecule has 0 spiro atoms. The monoisotopic (exact) mass is 328 g/mol. The first-order valence-electron chi connectivity index (χ1n) is 7.94. The van der Waals surface area contributed by atoms with Crippen LogP contribution in [0.2, 0.25) is 0 Å². The molecule has 0 bridgehead atoms. The third kappa shape index (κ3) is 4.25. The number of likely N-dealkylation sites (tertiary alicyclic amines) is 1. The maximum absolute atomic E-state index is 13.1. The van der Waals surface area contributed by atoms with Crippen molar-refractivity contribution in [3.8, 4) is 0 Å². The summed E-state index contributed by atoms with van der Waals surface area (Å²) in [7, 11) is 1.84. The molecule has 1 aliphatic rings. The van der Waals surface area contributed by atoms with Crippen LogP contribution in [0.15, 0.2) is 24.3 Å². The Hall–Kier alpha value is -1.56. The molecule has 0 radical (unpaired) electrons. The lowest BCUT2D eigenvalue weighted by molar-refractivity contribution is -0.139. The first-order chi connectivity index (χ1) is 10.8. The molecular formula is C17H23F3N2O. The Morgan fingerprint density at radius 1 is 1.39 bits per heavy atom. The maximum Gasteiger partial charge on any atom is 0.416 e. The predicted octanol–water partition coefficient (Wildman–Crippen LogP) is 3.41. The Kier molecular flexibility index (Phi) is 5.68. The molecule has 0 aliphatic carbocycles. The molecule has 1 aromatic rings. The van der Waals surface area contributed by atoms with E-state index in [1.165, 1.54) is 12.1 Å². The molecule has 1 N–H and O–H groups in total. The van der Waals surface area contributed by atoms with E-state index in [4.69, 9.17) is 0 Å². The number of rotatable bonds is 5. The number of likely N-dealkylation sites (N-methyl/N-ethyl adjacent to an activating group) is 1. The number of benzene rings is 1. The highest BCUT2D eigenvalue weighted by Gasteiger charge is 2.35. The lowest BCUT2D eigenvalue weighted by atomic mass is 9.92. The number of amides is 1. The van der Waals surface area contributed by atoms with E-state index in [0.717, 1.165) is 25.5 Å². The second-order valence-corrected chi connectivity index (χ2v) is 6.13. The summed E-state index contributed by atoms with van der Waals surface area (Å²) in [5.41, 5.74) is -0.453. The van der Waals surface area contributed by atoms with Crippen LogP contribution in [0, 0.1) is 0 Å². The molecule has 0 saturated carbocycles. The number of nitrogens with one attached hydrogen (secondary N) is 1. The van der Waals surface area contributed by atoms with Crippen LogP contribution in [0.3, 0.4) is 0 Å². The van der Waals surface area contributed by atoms with E-state index in [9.17, 15) is 18.0 Å². The highest BCUT2D eigenvalue weighted by atomic mass is 19.4. The van der Waals surface area contributed by atoms with Crippen LogP contribution in [-0.4, -0.2) is 37.0 Å². The van der Waals surface area contributed by atoms with Gasteiger partial charge in [0.1, 0.15) is 0 Å². The average molecular weight is 328 g/mol. The number of halogens is 3. The van der Waals surface area contributed by atoms with Crippen molar-refractivity contribution in [3.05, 3.63) is 35.4 Å². The first-order valence-corrected chi connectivity index (χ1v) is 7.94. The number of hydrogen-bond acceptors (Lipinski definition) is 2. The Labute approximate surface area is 134 Å². The molecule has 1 aromatic carbocycles. The minimum atomic E-state index is -4.39. The van der Waals surface area contributed by atoms with Gasteiger partial charge in [-0.15, -0.1) is 0 Å². The fourth-order valence-corrected chi connectivity index (χ4v) is 3.29. The zero-order chi connectivity index (χ0) is 17.0. The van der Waals surface area contributed by atoms with Crippen LogP contribution in [0.25, 0.3) is 0 Å². The second kappa shape index (κ2) is 7.34. The van der Waals surface area contributed by atoms with Crippen molar-refractivity contribution in [2.24, 2.45) is 0 Å². The van der Waals surface area contributed by atoms with Crippen LogP contribution in [0.4, 0.5) is 13.2 Å². The summed E-state index contributed by atoms with van der Waals surface area (Å²) >= 11 is 0. The average Bonchev–Trinajstić information content (AvgIpc) is 2.95. The second-order valence-electron chi connectivity index (χ2n) is 6.13. The summed E-state index contributed by atoms with van der Waals surface area (Å²) in [6.07, 6.45) is -2.39. The molecule has 2 atom stereocenters. The SMILES string of the molecule is CNCC1CCCN1C(=O)CC(C)c1ccccc1C(F)(F)F. The van der Waals surface area contributed by atoms with E-state index in [0.29, 0.717) is 6.54 Å². The van der Waals surface area contributed by atoms with Gasteiger partial charge in [-0.2, -0.15) is 13.2 Å². The topological polar surface area (TPSA) is 32.3 Å². The van der Waals surface area contributed by atoms with Gasteiger partial charge in [-0.25, -0.2) is 0 Å². The van der Waals surface area contributed by atoms with E-state index >= 15 is 0 Å². The molecule has 1 heterocycles. The summed E-state index contributed by atoms with van der Waals surface area (Å²) in [6, 6.07) is 5.67. The van der Waals surface area contributed by atoms with Gasteiger partial charge in [0.25, 0.3) is 0 Å². The molecule has 0 aromatic heterocycles. The first kappa shape index (κ1) is 17.8. The van der Waals surface area contributed by atoms with Gasteiger partial charge in [0, 0.05) is 25.6 Å². The zero-order valence-corrected chi connectivity index (χ0v) is 13.5. The number of hydrogen-bond donors (Lipinski definition) is 1. The zero-order valence-electron chi connectivity index (χ0n) is 13.5. The normalized spacial score (nSPS) is 19.9. The van der Waals surface area contributed by atoms with Gasteiger partial charge >= 0.3 is 6.18 Å². The van der Waals surface area contributed by atoms with E-state index in [2.05, 4.69) is 5.32 Å². The van der Waals surface area contributed by atoms with Gasteiger partial charge < -0.3 is 10.2 Å². The summed E-state index contributed by atoms with van der Waals surface area (Å²) < 4.78 is 39.3. The molecule has 3 nitrogen and oxygen atoms in total. The predicted molar refractivity (Wildman–Crippen MR) is 83.1 cm³/mol. The van der Waals surface area contributed by atoms with Gasteiger partial charge in [0.2, 0.25) is 5.91 Å². The van der Waals surface area contributed by atoms with E-state index in [1.807, 2.05) is 11.9 Å². The van der Waals surface area contributed by atoms with Gasteiger partial charge in [-0.1, -0.05) is 25.1 Å². The number of nitrogens with zero attached hydrogens (tertiary/aromatic N) is 1. The Morgan fingerprint density at radius 2 is 2.09 bits per heavy atom. The molecule has 1 aliphatic heterocycles. The number of carbonyl (C=O) groups excluding carboxylic acids is 1. The molecule has 2 rings (SSSR count). The fraction of sp³-hybridized carbons (Fsp3) is 0.588. The summed E-state index contributed by atoms with van der Waals surface area (Å²) in [4.78, 5) is 14.3. The quantitative estimate of drug-likeness (QED) is 0.898. The third-order valence-electron chi connectivity index (χ3n) is 4.42. The van der Waals surface area contributed by atoms with Gasteiger partial charge in [-0.3, -0.25) is 4.79 Å². The highest BCUT2D eigenvalue weighted by Crippen LogP contribution is 2.36. The molecule has 23 heavy (non-hydrogen) atoms.